The Morgan fingerprint density at radius 2 is 1.94 bits per heavy atom. The summed E-state index contributed by atoms with van der Waals surface area (Å²) < 4.78 is 12.6. The fourth-order valence-corrected chi connectivity index (χ4v) is 4.03. The standard InChI is InChI=1S/C26H23BrN2O3/c1-15-6-5-11-28-26(15)29-23(30)12-16(2)20-13-21-22(18-7-9-19(27)10-8-18)14-32-25(21)17(3)24(20)31-4/h5-14H,1-4H3,(H,28,29,30)/b16-12+. The normalized spacial score (nSPS) is 11.6. The average Bonchev–Trinajstić information content (AvgIpc) is 3.20. The van der Waals surface area contributed by atoms with E-state index in [1.807, 2.05) is 63.2 Å². The topological polar surface area (TPSA) is 64.4 Å². The van der Waals surface area contributed by atoms with E-state index in [1.54, 1.807) is 25.6 Å². The molecule has 0 atom stereocenters. The zero-order valence-corrected chi connectivity index (χ0v) is 19.9. The quantitative estimate of drug-likeness (QED) is 0.308. The van der Waals surface area contributed by atoms with Gasteiger partial charge in [0.25, 0.3) is 0 Å². The van der Waals surface area contributed by atoms with E-state index in [4.69, 9.17) is 9.15 Å². The Balaban J connectivity index is 1.77. The van der Waals surface area contributed by atoms with E-state index in [1.165, 1.54) is 0 Å². The van der Waals surface area contributed by atoms with Gasteiger partial charge in [-0.1, -0.05) is 34.1 Å². The van der Waals surface area contributed by atoms with Crippen molar-refractivity contribution in [3.05, 3.63) is 82.2 Å². The van der Waals surface area contributed by atoms with E-state index < -0.39 is 0 Å². The molecule has 0 radical (unpaired) electrons. The Bertz CT molecular complexity index is 1340. The first-order valence-electron chi connectivity index (χ1n) is 10.1. The van der Waals surface area contributed by atoms with Gasteiger partial charge in [0.05, 0.1) is 13.4 Å². The van der Waals surface area contributed by atoms with Crippen LogP contribution in [0.4, 0.5) is 5.82 Å². The molecule has 32 heavy (non-hydrogen) atoms. The van der Waals surface area contributed by atoms with E-state index >= 15 is 0 Å². The number of anilines is 1. The van der Waals surface area contributed by atoms with Crippen molar-refractivity contribution in [2.75, 3.05) is 12.4 Å². The summed E-state index contributed by atoms with van der Waals surface area (Å²) in [6.45, 7) is 5.76. The third-order valence-electron chi connectivity index (χ3n) is 5.43. The summed E-state index contributed by atoms with van der Waals surface area (Å²) in [5, 5.41) is 3.81. The van der Waals surface area contributed by atoms with Crippen molar-refractivity contribution in [3.8, 4) is 16.9 Å². The van der Waals surface area contributed by atoms with Crippen molar-refractivity contribution in [3.63, 3.8) is 0 Å². The minimum atomic E-state index is -0.246. The number of fused-ring (bicyclic) bond motifs is 1. The predicted molar refractivity (Wildman–Crippen MR) is 132 cm³/mol. The smallest absolute Gasteiger partial charge is 0.249 e. The fraction of sp³-hybridized carbons (Fsp3) is 0.154. The Morgan fingerprint density at radius 1 is 1.19 bits per heavy atom. The van der Waals surface area contributed by atoms with Crippen LogP contribution in [-0.2, 0) is 4.79 Å². The molecular formula is C26H23BrN2O3. The summed E-state index contributed by atoms with van der Waals surface area (Å²) in [6.07, 6.45) is 4.98. The third kappa shape index (κ3) is 4.18. The van der Waals surface area contributed by atoms with Gasteiger partial charge in [0.15, 0.2) is 0 Å². The number of rotatable bonds is 5. The number of amides is 1. The molecule has 0 saturated carbocycles. The van der Waals surface area contributed by atoms with Crippen molar-refractivity contribution in [1.29, 1.82) is 0 Å². The molecule has 0 aliphatic rings. The maximum absolute atomic E-state index is 12.7. The van der Waals surface area contributed by atoms with Crippen LogP contribution < -0.4 is 10.1 Å². The molecule has 0 spiro atoms. The summed E-state index contributed by atoms with van der Waals surface area (Å²) >= 11 is 3.48. The second-order valence-corrected chi connectivity index (χ2v) is 8.52. The molecule has 0 bridgehead atoms. The van der Waals surface area contributed by atoms with Gasteiger partial charge in [0.1, 0.15) is 17.2 Å². The van der Waals surface area contributed by atoms with Gasteiger partial charge in [-0.15, -0.1) is 0 Å². The van der Waals surface area contributed by atoms with E-state index in [9.17, 15) is 4.79 Å². The summed E-state index contributed by atoms with van der Waals surface area (Å²) in [5.74, 6) is 0.988. The Labute approximate surface area is 195 Å². The SMILES string of the molecule is COc1c(/C(C)=C/C(=O)Nc2ncccc2C)cc2c(-c3ccc(Br)cc3)coc2c1C. The second kappa shape index (κ2) is 9.01. The molecule has 2 aromatic heterocycles. The molecule has 2 aromatic carbocycles. The predicted octanol–water partition coefficient (Wildman–Crippen LogP) is 6.92. The number of aromatic nitrogens is 1. The molecule has 0 saturated heterocycles. The average molecular weight is 491 g/mol. The van der Waals surface area contributed by atoms with Crippen molar-refractivity contribution in [2.45, 2.75) is 20.8 Å². The molecule has 1 N–H and O–H groups in total. The van der Waals surface area contributed by atoms with E-state index in [0.29, 0.717) is 11.6 Å². The van der Waals surface area contributed by atoms with Gasteiger partial charge < -0.3 is 14.5 Å². The largest absolute Gasteiger partial charge is 0.496 e. The Hall–Kier alpha value is -3.38. The minimum absolute atomic E-state index is 0.246. The van der Waals surface area contributed by atoms with Gasteiger partial charge in [-0.25, -0.2) is 4.98 Å². The number of furan rings is 1. The minimum Gasteiger partial charge on any atom is -0.496 e. The maximum Gasteiger partial charge on any atom is 0.249 e. The summed E-state index contributed by atoms with van der Waals surface area (Å²) in [4.78, 5) is 16.9. The lowest BCUT2D eigenvalue weighted by atomic mass is 9.96. The number of benzene rings is 2. The van der Waals surface area contributed by atoms with Crippen LogP contribution in [0, 0.1) is 13.8 Å². The summed E-state index contributed by atoms with van der Waals surface area (Å²) in [6, 6.07) is 13.8. The number of allylic oxidation sites excluding steroid dienone is 1. The number of carbonyl (C=O) groups excluding carboxylic acids is 1. The van der Waals surface area contributed by atoms with Crippen molar-refractivity contribution in [1.82, 2.24) is 4.98 Å². The van der Waals surface area contributed by atoms with Crippen LogP contribution in [0.5, 0.6) is 5.75 Å². The molecule has 0 aliphatic heterocycles. The molecule has 6 heteroatoms. The highest BCUT2D eigenvalue weighted by Gasteiger charge is 2.19. The molecule has 2 heterocycles. The summed E-state index contributed by atoms with van der Waals surface area (Å²) in [5.41, 5.74) is 6.21. The van der Waals surface area contributed by atoms with Crippen LogP contribution in [0.1, 0.15) is 23.6 Å². The molecule has 162 valence electrons. The highest BCUT2D eigenvalue weighted by atomic mass is 79.9. The van der Waals surface area contributed by atoms with Gasteiger partial charge >= 0.3 is 0 Å². The first-order valence-corrected chi connectivity index (χ1v) is 10.9. The van der Waals surface area contributed by atoms with Crippen LogP contribution in [0.3, 0.4) is 0 Å². The number of pyridine rings is 1. The van der Waals surface area contributed by atoms with Crippen molar-refractivity contribution < 1.29 is 13.9 Å². The van der Waals surface area contributed by atoms with Crippen LogP contribution >= 0.6 is 15.9 Å². The number of hydrogen-bond donors (Lipinski definition) is 1. The molecule has 5 nitrogen and oxygen atoms in total. The summed E-state index contributed by atoms with van der Waals surface area (Å²) in [7, 11) is 1.63. The van der Waals surface area contributed by atoms with Crippen molar-refractivity contribution in [2.24, 2.45) is 0 Å². The molecule has 0 fully saturated rings. The molecule has 0 unspecified atom stereocenters. The fourth-order valence-electron chi connectivity index (χ4n) is 3.77. The highest BCUT2D eigenvalue weighted by Crippen LogP contribution is 2.40. The van der Waals surface area contributed by atoms with Crippen molar-refractivity contribution >= 4 is 44.2 Å². The first kappa shape index (κ1) is 21.8. The monoisotopic (exact) mass is 490 g/mol. The number of ether oxygens (including phenoxy) is 1. The number of hydrogen-bond acceptors (Lipinski definition) is 4. The van der Waals surface area contributed by atoms with Gasteiger partial charge in [-0.05, 0) is 61.7 Å². The second-order valence-electron chi connectivity index (χ2n) is 7.60. The van der Waals surface area contributed by atoms with Gasteiger partial charge in [-0.2, -0.15) is 0 Å². The Kier molecular flexibility index (Phi) is 6.15. The van der Waals surface area contributed by atoms with Gasteiger partial charge in [0, 0.05) is 38.8 Å². The van der Waals surface area contributed by atoms with Gasteiger partial charge in [-0.3, -0.25) is 4.79 Å². The number of halogens is 1. The van der Waals surface area contributed by atoms with E-state index in [2.05, 4.69) is 26.2 Å². The zero-order chi connectivity index (χ0) is 22.8. The maximum atomic E-state index is 12.7. The number of nitrogens with zero attached hydrogens (tertiary/aromatic N) is 1. The lowest BCUT2D eigenvalue weighted by Gasteiger charge is -2.13. The third-order valence-corrected chi connectivity index (χ3v) is 5.96. The van der Waals surface area contributed by atoms with E-state index in [-0.39, 0.29) is 5.91 Å². The molecule has 4 aromatic rings. The first-order chi connectivity index (χ1) is 15.4. The van der Waals surface area contributed by atoms with Crippen LogP contribution in [-0.4, -0.2) is 18.0 Å². The Morgan fingerprint density at radius 3 is 2.62 bits per heavy atom. The van der Waals surface area contributed by atoms with Crippen LogP contribution in [0.25, 0.3) is 27.7 Å². The van der Waals surface area contributed by atoms with E-state index in [0.717, 1.165) is 48.8 Å². The number of methoxy groups -OCH3 is 1. The zero-order valence-electron chi connectivity index (χ0n) is 18.3. The van der Waals surface area contributed by atoms with Crippen LogP contribution in [0.2, 0.25) is 0 Å². The molecule has 4 rings (SSSR count). The van der Waals surface area contributed by atoms with Gasteiger partial charge in [0.2, 0.25) is 5.91 Å². The molecule has 0 aliphatic carbocycles. The lowest BCUT2D eigenvalue weighted by Crippen LogP contribution is -2.11. The number of nitrogens with one attached hydrogen (secondary N) is 1. The highest BCUT2D eigenvalue weighted by molar-refractivity contribution is 9.10. The van der Waals surface area contributed by atoms with Crippen LogP contribution in [0.15, 0.2) is 69.9 Å². The lowest BCUT2D eigenvalue weighted by molar-refractivity contribution is -0.111. The number of aryl methyl sites for hydroxylation is 2. The number of carbonyl (C=O) groups is 1. The molecular weight excluding hydrogens is 468 g/mol. The molecule has 1 amide bonds.